The minimum absolute atomic E-state index is 0.352. The topological polar surface area (TPSA) is 63.7 Å². The van der Waals surface area contributed by atoms with Gasteiger partial charge in [0.15, 0.2) is 0 Å². The fraction of sp³-hybridized carbons (Fsp3) is 0.333. The van der Waals surface area contributed by atoms with E-state index in [0.29, 0.717) is 30.4 Å². The van der Waals surface area contributed by atoms with Crippen molar-refractivity contribution in [2.24, 2.45) is 0 Å². The van der Waals surface area contributed by atoms with Crippen LogP contribution >= 0.6 is 0 Å². The number of carbonyl (C=O) groups is 1. The lowest BCUT2D eigenvalue weighted by molar-refractivity contribution is 0.0601. The number of anilines is 3. The zero-order chi connectivity index (χ0) is 22.8. The SMILES string of the molecule is COC(=O)c1ccncc1NC[C@@H]1CCCc2cc(N(C)c3ccc4c(c3)COC4)ccc21. The molecule has 0 bridgehead atoms. The Morgan fingerprint density at radius 2 is 1.91 bits per heavy atom. The number of fused-ring (bicyclic) bond motifs is 2. The Morgan fingerprint density at radius 3 is 2.76 bits per heavy atom. The summed E-state index contributed by atoms with van der Waals surface area (Å²) in [5.74, 6) is 0.0330. The van der Waals surface area contributed by atoms with Crippen molar-refractivity contribution in [3.05, 3.63) is 82.7 Å². The third-order valence-electron chi connectivity index (χ3n) is 6.81. The number of nitrogens with zero attached hydrogens (tertiary/aromatic N) is 2. The average Bonchev–Trinajstić information content (AvgIpc) is 3.34. The second-order valence-corrected chi connectivity index (χ2v) is 8.77. The highest BCUT2D eigenvalue weighted by Crippen LogP contribution is 2.36. The van der Waals surface area contributed by atoms with Crippen molar-refractivity contribution in [2.75, 3.05) is 30.9 Å². The van der Waals surface area contributed by atoms with E-state index in [9.17, 15) is 4.79 Å². The van der Waals surface area contributed by atoms with Gasteiger partial charge in [0.05, 0.1) is 37.8 Å². The van der Waals surface area contributed by atoms with Gasteiger partial charge in [-0.3, -0.25) is 4.98 Å². The van der Waals surface area contributed by atoms with Gasteiger partial charge >= 0.3 is 5.97 Å². The zero-order valence-corrected chi connectivity index (χ0v) is 19.1. The average molecular weight is 444 g/mol. The van der Waals surface area contributed by atoms with Crippen LogP contribution in [0.5, 0.6) is 0 Å². The van der Waals surface area contributed by atoms with Crippen LogP contribution in [0.3, 0.4) is 0 Å². The largest absolute Gasteiger partial charge is 0.465 e. The van der Waals surface area contributed by atoms with E-state index in [1.54, 1.807) is 18.5 Å². The van der Waals surface area contributed by atoms with Crippen molar-refractivity contribution in [1.82, 2.24) is 4.98 Å². The van der Waals surface area contributed by atoms with Gasteiger partial charge in [-0.15, -0.1) is 0 Å². The van der Waals surface area contributed by atoms with Gasteiger partial charge in [0.1, 0.15) is 0 Å². The number of hydrogen-bond acceptors (Lipinski definition) is 6. The number of carbonyl (C=O) groups excluding carboxylic acids is 1. The highest BCUT2D eigenvalue weighted by Gasteiger charge is 2.22. The van der Waals surface area contributed by atoms with Gasteiger partial charge in [-0.25, -0.2) is 4.79 Å². The third kappa shape index (κ3) is 4.31. The van der Waals surface area contributed by atoms with Crippen molar-refractivity contribution >= 4 is 23.0 Å². The molecule has 1 atom stereocenters. The molecule has 1 aromatic heterocycles. The number of aryl methyl sites for hydroxylation is 1. The van der Waals surface area contributed by atoms with E-state index in [1.165, 1.54) is 40.7 Å². The van der Waals surface area contributed by atoms with Crippen LogP contribution in [0, 0.1) is 0 Å². The molecule has 3 aromatic rings. The van der Waals surface area contributed by atoms with Gasteiger partial charge in [-0.05, 0) is 71.8 Å². The maximum Gasteiger partial charge on any atom is 0.340 e. The minimum Gasteiger partial charge on any atom is -0.465 e. The summed E-state index contributed by atoms with van der Waals surface area (Å²) in [7, 11) is 3.52. The first-order chi connectivity index (χ1) is 16.1. The molecular weight excluding hydrogens is 414 g/mol. The molecular formula is C27H29N3O3. The standard InChI is InChI=1S/C27H29N3O3/c1-30(22-7-6-20-16-33-17-21(20)13-22)23-8-9-24-18(12-23)4-3-5-19(24)14-29-26-15-28-11-10-25(26)27(31)32-2/h6-13,15,19,29H,3-5,14,16-17H2,1-2H3/t19-/m0/s1. The van der Waals surface area contributed by atoms with E-state index in [2.05, 4.69) is 58.6 Å². The highest BCUT2D eigenvalue weighted by atomic mass is 16.5. The molecule has 0 fully saturated rings. The van der Waals surface area contributed by atoms with Gasteiger partial charge in [-0.1, -0.05) is 12.1 Å². The van der Waals surface area contributed by atoms with Crippen LogP contribution in [-0.2, 0) is 29.1 Å². The van der Waals surface area contributed by atoms with Crippen LogP contribution < -0.4 is 10.2 Å². The van der Waals surface area contributed by atoms with Gasteiger partial charge in [0.25, 0.3) is 0 Å². The van der Waals surface area contributed by atoms with Gasteiger partial charge < -0.3 is 19.7 Å². The van der Waals surface area contributed by atoms with E-state index >= 15 is 0 Å². The van der Waals surface area contributed by atoms with E-state index in [0.717, 1.165) is 25.8 Å². The number of pyridine rings is 1. The Balaban J connectivity index is 1.33. The maximum atomic E-state index is 12.1. The lowest BCUT2D eigenvalue weighted by atomic mass is 9.82. The molecule has 0 saturated carbocycles. The summed E-state index contributed by atoms with van der Waals surface area (Å²) < 4.78 is 10.5. The number of methoxy groups -OCH3 is 1. The van der Waals surface area contributed by atoms with Crippen molar-refractivity contribution in [2.45, 2.75) is 38.4 Å². The molecule has 1 aliphatic carbocycles. The van der Waals surface area contributed by atoms with E-state index in [4.69, 9.17) is 9.47 Å². The predicted molar refractivity (Wildman–Crippen MR) is 129 cm³/mol. The van der Waals surface area contributed by atoms with Crippen molar-refractivity contribution in [1.29, 1.82) is 0 Å². The van der Waals surface area contributed by atoms with Crippen LogP contribution in [0.2, 0.25) is 0 Å². The Hall–Kier alpha value is -3.38. The molecule has 6 nitrogen and oxygen atoms in total. The Bertz CT molecular complexity index is 1180. The fourth-order valence-corrected chi connectivity index (χ4v) is 4.89. The summed E-state index contributed by atoms with van der Waals surface area (Å²) in [5.41, 5.74) is 8.97. The number of benzene rings is 2. The summed E-state index contributed by atoms with van der Waals surface area (Å²) in [6.45, 7) is 2.17. The van der Waals surface area contributed by atoms with Crippen LogP contribution in [0.15, 0.2) is 54.9 Å². The molecule has 1 aliphatic heterocycles. The molecule has 0 radical (unpaired) electrons. The Kier molecular flexibility index (Phi) is 6.01. The number of hydrogen-bond donors (Lipinski definition) is 1. The summed E-state index contributed by atoms with van der Waals surface area (Å²) in [5, 5.41) is 3.44. The molecule has 2 aliphatic rings. The Labute approximate surface area is 194 Å². The number of esters is 1. The first-order valence-electron chi connectivity index (χ1n) is 11.5. The van der Waals surface area contributed by atoms with Crippen LogP contribution in [0.25, 0.3) is 0 Å². The first-order valence-corrected chi connectivity index (χ1v) is 11.5. The van der Waals surface area contributed by atoms with Gasteiger partial charge in [0, 0.05) is 37.1 Å². The predicted octanol–water partition coefficient (Wildman–Crippen LogP) is 5.20. The molecule has 1 N–H and O–H groups in total. The van der Waals surface area contributed by atoms with Crippen molar-refractivity contribution < 1.29 is 14.3 Å². The molecule has 2 heterocycles. The maximum absolute atomic E-state index is 12.1. The lowest BCUT2D eigenvalue weighted by Gasteiger charge is -2.28. The van der Waals surface area contributed by atoms with Crippen LogP contribution in [-0.4, -0.2) is 31.7 Å². The summed E-state index contributed by atoms with van der Waals surface area (Å²) in [4.78, 5) is 18.5. The molecule has 33 heavy (non-hydrogen) atoms. The Morgan fingerprint density at radius 1 is 1.12 bits per heavy atom. The van der Waals surface area contributed by atoms with Gasteiger partial charge in [0.2, 0.25) is 0 Å². The fourth-order valence-electron chi connectivity index (χ4n) is 4.89. The van der Waals surface area contributed by atoms with Crippen LogP contribution in [0.1, 0.15) is 51.4 Å². The third-order valence-corrected chi connectivity index (χ3v) is 6.81. The number of ether oxygens (including phenoxy) is 2. The summed E-state index contributed by atoms with van der Waals surface area (Å²) in [6.07, 6.45) is 6.66. The molecule has 0 unspecified atom stereocenters. The first kappa shape index (κ1) is 21.5. The molecule has 0 spiro atoms. The van der Waals surface area contributed by atoms with E-state index in [1.807, 2.05) is 0 Å². The van der Waals surface area contributed by atoms with E-state index < -0.39 is 0 Å². The van der Waals surface area contributed by atoms with Gasteiger partial charge in [-0.2, -0.15) is 0 Å². The van der Waals surface area contributed by atoms with Crippen molar-refractivity contribution in [3.63, 3.8) is 0 Å². The van der Waals surface area contributed by atoms with E-state index in [-0.39, 0.29) is 5.97 Å². The molecule has 170 valence electrons. The van der Waals surface area contributed by atoms with Crippen LogP contribution in [0.4, 0.5) is 17.1 Å². The number of rotatable bonds is 6. The smallest absolute Gasteiger partial charge is 0.340 e. The van der Waals surface area contributed by atoms with Crippen molar-refractivity contribution in [3.8, 4) is 0 Å². The molecule has 2 aromatic carbocycles. The summed E-state index contributed by atoms with van der Waals surface area (Å²) in [6, 6.07) is 15.1. The normalized spacial score (nSPS) is 16.6. The molecule has 0 amide bonds. The zero-order valence-electron chi connectivity index (χ0n) is 19.1. The quantitative estimate of drug-likeness (QED) is 0.529. The monoisotopic (exact) mass is 443 g/mol. The summed E-state index contributed by atoms with van der Waals surface area (Å²) >= 11 is 0. The lowest BCUT2D eigenvalue weighted by Crippen LogP contribution is -2.20. The molecule has 0 saturated heterocycles. The highest BCUT2D eigenvalue weighted by molar-refractivity contribution is 5.95. The number of nitrogens with one attached hydrogen (secondary N) is 1. The number of aromatic nitrogens is 1. The molecule has 5 rings (SSSR count). The minimum atomic E-state index is -0.352. The second-order valence-electron chi connectivity index (χ2n) is 8.77. The second kappa shape index (κ2) is 9.24. The molecule has 6 heteroatoms.